The van der Waals surface area contributed by atoms with E-state index in [9.17, 15) is 14.4 Å². The largest absolute Gasteiger partial charge is 0.497 e. The molecule has 0 aromatic heterocycles. The quantitative estimate of drug-likeness (QED) is 0.185. The summed E-state index contributed by atoms with van der Waals surface area (Å²) in [6.45, 7) is 2.28. The molecule has 11 heteroatoms. The van der Waals surface area contributed by atoms with Gasteiger partial charge in [0.25, 0.3) is 5.91 Å². The van der Waals surface area contributed by atoms with Gasteiger partial charge < -0.3 is 29.6 Å². The number of hydrogen-bond donors (Lipinski definition) is 3. The molecular formula is C28H30N4O7. The minimum atomic E-state index is -0.945. The van der Waals surface area contributed by atoms with Gasteiger partial charge in [-0.2, -0.15) is 5.10 Å². The molecule has 0 fully saturated rings. The van der Waals surface area contributed by atoms with E-state index in [4.69, 9.17) is 18.9 Å². The van der Waals surface area contributed by atoms with E-state index in [1.165, 1.54) is 13.3 Å². The van der Waals surface area contributed by atoms with Crippen molar-refractivity contribution in [1.29, 1.82) is 0 Å². The van der Waals surface area contributed by atoms with Crippen LogP contribution in [-0.2, 0) is 20.9 Å². The Morgan fingerprint density at radius 3 is 2.23 bits per heavy atom. The van der Waals surface area contributed by atoms with Crippen molar-refractivity contribution in [2.75, 3.05) is 32.8 Å². The van der Waals surface area contributed by atoms with E-state index < -0.39 is 17.7 Å². The van der Waals surface area contributed by atoms with E-state index in [0.29, 0.717) is 35.1 Å². The molecule has 0 unspecified atom stereocenters. The van der Waals surface area contributed by atoms with Crippen LogP contribution in [0, 0.1) is 0 Å². The van der Waals surface area contributed by atoms with Crippen LogP contribution < -0.4 is 35.0 Å². The van der Waals surface area contributed by atoms with E-state index in [1.807, 2.05) is 6.92 Å². The number of anilines is 1. The molecule has 3 N–H and O–H groups in total. The van der Waals surface area contributed by atoms with Gasteiger partial charge in [-0.1, -0.05) is 18.2 Å². The van der Waals surface area contributed by atoms with Crippen LogP contribution in [0.15, 0.2) is 71.8 Å². The summed E-state index contributed by atoms with van der Waals surface area (Å²) in [5.74, 6) is -0.205. The lowest BCUT2D eigenvalue weighted by molar-refractivity contribution is -0.139. The molecule has 3 aromatic carbocycles. The summed E-state index contributed by atoms with van der Waals surface area (Å²) in [7, 11) is 3.02. The van der Waals surface area contributed by atoms with Gasteiger partial charge >= 0.3 is 11.8 Å². The molecule has 0 saturated carbocycles. The number of nitrogens with one attached hydrogen (secondary N) is 3. The third-order valence-electron chi connectivity index (χ3n) is 5.21. The van der Waals surface area contributed by atoms with E-state index in [-0.39, 0.29) is 18.9 Å². The van der Waals surface area contributed by atoms with Crippen LogP contribution in [0.1, 0.15) is 18.1 Å². The van der Waals surface area contributed by atoms with Crippen molar-refractivity contribution in [2.45, 2.75) is 13.5 Å². The molecule has 0 spiro atoms. The number of ether oxygens (including phenoxy) is 4. The molecular weight excluding hydrogens is 504 g/mol. The lowest BCUT2D eigenvalue weighted by Gasteiger charge is -2.13. The maximum Gasteiger partial charge on any atom is 0.329 e. The van der Waals surface area contributed by atoms with Crippen molar-refractivity contribution in [3.63, 3.8) is 0 Å². The van der Waals surface area contributed by atoms with Gasteiger partial charge in [0.15, 0.2) is 18.1 Å². The van der Waals surface area contributed by atoms with Gasteiger partial charge in [-0.05, 0) is 61.0 Å². The Morgan fingerprint density at radius 2 is 1.56 bits per heavy atom. The number of benzene rings is 3. The molecule has 0 aliphatic carbocycles. The standard InChI is InChI=1S/C28H30N4O7/c1-4-38-23-14-10-21(11-15-23)31-25(33)18-39-26-20(6-5-7-24(26)37-3)17-30-32-28(35)27(34)29-16-19-8-12-22(36-2)13-9-19/h5-15,17H,4,16,18H2,1-3H3,(H,29,34)(H,31,33)(H,32,35)/b30-17-. The van der Waals surface area contributed by atoms with E-state index in [1.54, 1.807) is 73.8 Å². The van der Waals surface area contributed by atoms with Gasteiger partial charge in [0.05, 0.1) is 27.0 Å². The molecule has 0 bridgehead atoms. The minimum absolute atomic E-state index is 0.159. The Morgan fingerprint density at radius 1 is 0.846 bits per heavy atom. The van der Waals surface area contributed by atoms with E-state index in [2.05, 4.69) is 21.2 Å². The Bertz CT molecular complexity index is 1290. The second kappa shape index (κ2) is 14.6. The fourth-order valence-corrected chi connectivity index (χ4v) is 3.30. The number of hydrazone groups is 1. The van der Waals surface area contributed by atoms with Crippen LogP contribution >= 0.6 is 0 Å². The van der Waals surface area contributed by atoms with E-state index in [0.717, 1.165) is 5.56 Å². The fraction of sp³-hybridized carbons (Fsp3) is 0.214. The summed E-state index contributed by atoms with van der Waals surface area (Å²) in [6.07, 6.45) is 1.29. The van der Waals surface area contributed by atoms with Gasteiger partial charge in [-0.3, -0.25) is 14.4 Å². The summed E-state index contributed by atoms with van der Waals surface area (Å²) in [6, 6.07) is 19.0. The molecule has 0 heterocycles. The molecule has 39 heavy (non-hydrogen) atoms. The van der Waals surface area contributed by atoms with Crippen molar-refractivity contribution in [1.82, 2.24) is 10.7 Å². The normalized spacial score (nSPS) is 10.4. The van der Waals surface area contributed by atoms with Crippen LogP contribution in [0.4, 0.5) is 5.69 Å². The monoisotopic (exact) mass is 534 g/mol. The second-order valence-electron chi connectivity index (χ2n) is 7.90. The molecule has 0 aliphatic heterocycles. The number of amides is 3. The Labute approximate surface area is 226 Å². The Kier molecular flexibility index (Phi) is 10.7. The maximum atomic E-state index is 12.4. The summed E-state index contributed by atoms with van der Waals surface area (Å²) in [5, 5.41) is 9.10. The SMILES string of the molecule is CCOc1ccc(NC(=O)COc2c(/C=N\NC(=O)C(=O)NCc3ccc(OC)cc3)cccc2OC)cc1. The number of para-hydroxylation sites is 1. The first kappa shape index (κ1) is 28.5. The predicted octanol–water partition coefficient (Wildman–Crippen LogP) is 2.89. The van der Waals surface area contributed by atoms with Gasteiger partial charge in [-0.25, -0.2) is 5.43 Å². The first-order valence-corrected chi connectivity index (χ1v) is 12.0. The van der Waals surface area contributed by atoms with Gasteiger partial charge in [-0.15, -0.1) is 0 Å². The highest BCUT2D eigenvalue weighted by molar-refractivity contribution is 6.35. The fourth-order valence-electron chi connectivity index (χ4n) is 3.30. The average molecular weight is 535 g/mol. The predicted molar refractivity (Wildman–Crippen MR) is 145 cm³/mol. The van der Waals surface area contributed by atoms with Crippen LogP contribution in [0.3, 0.4) is 0 Å². The topological polar surface area (TPSA) is 137 Å². The molecule has 0 saturated heterocycles. The van der Waals surface area contributed by atoms with Crippen molar-refractivity contribution in [2.24, 2.45) is 5.10 Å². The molecule has 3 aromatic rings. The first-order valence-electron chi connectivity index (χ1n) is 12.0. The van der Waals surface area contributed by atoms with Crippen molar-refractivity contribution in [3.8, 4) is 23.0 Å². The summed E-state index contributed by atoms with van der Waals surface area (Å²) < 4.78 is 21.5. The highest BCUT2D eigenvalue weighted by Gasteiger charge is 2.14. The lowest BCUT2D eigenvalue weighted by atomic mass is 10.2. The molecule has 0 aliphatic rings. The maximum absolute atomic E-state index is 12.4. The number of methoxy groups -OCH3 is 2. The zero-order valence-electron chi connectivity index (χ0n) is 21.9. The molecule has 3 rings (SSSR count). The van der Waals surface area contributed by atoms with Crippen LogP contribution in [0.2, 0.25) is 0 Å². The highest BCUT2D eigenvalue weighted by Crippen LogP contribution is 2.30. The minimum Gasteiger partial charge on any atom is -0.497 e. The van der Waals surface area contributed by atoms with Crippen molar-refractivity contribution in [3.05, 3.63) is 77.9 Å². The Balaban J connectivity index is 1.55. The first-order chi connectivity index (χ1) is 18.9. The van der Waals surface area contributed by atoms with Crippen molar-refractivity contribution >= 4 is 29.6 Å². The molecule has 204 valence electrons. The number of carbonyl (C=O) groups excluding carboxylic acids is 3. The summed E-state index contributed by atoms with van der Waals surface area (Å²) >= 11 is 0. The number of hydrogen-bond acceptors (Lipinski definition) is 8. The average Bonchev–Trinajstić information content (AvgIpc) is 2.96. The van der Waals surface area contributed by atoms with Gasteiger partial charge in [0, 0.05) is 17.8 Å². The van der Waals surface area contributed by atoms with Crippen molar-refractivity contribution < 1.29 is 33.3 Å². The molecule has 3 amide bonds. The van der Waals surface area contributed by atoms with Crippen LogP contribution in [0.25, 0.3) is 0 Å². The molecule has 11 nitrogen and oxygen atoms in total. The summed E-state index contributed by atoms with van der Waals surface area (Å²) in [5.41, 5.74) is 3.97. The van der Waals surface area contributed by atoms with Gasteiger partial charge in [0.2, 0.25) is 0 Å². The van der Waals surface area contributed by atoms with Crippen LogP contribution in [0.5, 0.6) is 23.0 Å². The smallest absolute Gasteiger partial charge is 0.329 e. The molecule has 0 atom stereocenters. The van der Waals surface area contributed by atoms with E-state index >= 15 is 0 Å². The van der Waals surface area contributed by atoms with Crippen LogP contribution in [-0.4, -0.2) is 51.4 Å². The highest BCUT2D eigenvalue weighted by atomic mass is 16.5. The number of nitrogens with zero attached hydrogens (tertiary/aromatic N) is 1. The third kappa shape index (κ3) is 8.78. The Hall–Kier alpha value is -5.06. The second-order valence-corrected chi connectivity index (χ2v) is 7.90. The zero-order valence-corrected chi connectivity index (χ0v) is 21.9. The third-order valence-corrected chi connectivity index (χ3v) is 5.21. The lowest BCUT2D eigenvalue weighted by Crippen LogP contribution is -2.37. The zero-order chi connectivity index (χ0) is 28.0. The number of rotatable bonds is 12. The summed E-state index contributed by atoms with van der Waals surface area (Å²) in [4.78, 5) is 36.7. The molecule has 0 radical (unpaired) electrons. The number of carbonyl (C=O) groups is 3. The van der Waals surface area contributed by atoms with Gasteiger partial charge in [0.1, 0.15) is 11.5 Å².